The van der Waals surface area contributed by atoms with E-state index in [2.05, 4.69) is 20.8 Å². The number of ether oxygens (including phenoxy) is 1. The number of allylic oxidation sites excluding steroid dienone is 1. The van der Waals surface area contributed by atoms with Gasteiger partial charge in [-0.25, -0.2) is 4.79 Å². The lowest BCUT2D eigenvalue weighted by Crippen LogP contribution is -2.42. The molecule has 2 saturated carbocycles. The van der Waals surface area contributed by atoms with E-state index < -0.39 is 5.97 Å². The predicted octanol–water partition coefficient (Wildman–Crippen LogP) is 3.25. The molecular formula is C16H24O3. The highest BCUT2D eigenvalue weighted by Gasteiger charge is 2.69. The highest BCUT2D eigenvalue weighted by atomic mass is 16.5. The van der Waals surface area contributed by atoms with Crippen LogP contribution in [0.5, 0.6) is 0 Å². The molecule has 1 N–H and O–H groups in total. The van der Waals surface area contributed by atoms with Crippen LogP contribution in [0.4, 0.5) is 0 Å². The van der Waals surface area contributed by atoms with Crippen molar-refractivity contribution in [1.29, 1.82) is 0 Å². The van der Waals surface area contributed by atoms with Crippen molar-refractivity contribution in [3.8, 4) is 0 Å². The van der Waals surface area contributed by atoms with Gasteiger partial charge < -0.3 is 9.84 Å². The lowest BCUT2D eigenvalue weighted by molar-refractivity contribution is -0.135. The van der Waals surface area contributed by atoms with Crippen molar-refractivity contribution in [2.75, 3.05) is 7.11 Å². The zero-order valence-corrected chi connectivity index (χ0v) is 12.3. The highest BCUT2D eigenvalue weighted by Crippen LogP contribution is 2.74. The Balaban J connectivity index is 2.20. The molecule has 0 radical (unpaired) electrons. The molecule has 106 valence electrons. The molecule has 0 amide bonds. The second-order valence-corrected chi connectivity index (χ2v) is 7.01. The van der Waals surface area contributed by atoms with Gasteiger partial charge in [0.1, 0.15) is 0 Å². The van der Waals surface area contributed by atoms with Crippen molar-refractivity contribution in [3.05, 3.63) is 11.1 Å². The van der Waals surface area contributed by atoms with Gasteiger partial charge in [-0.2, -0.15) is 0 Å². The highest BCUT2D eigenvalue weighted by molar-refractivity contribution is 5.90. The summed E-state index contributed by atoms with van der Waals surface area (Å²) in [6.45, 7) is 6.65. The summed E-state index contributed by atoms with van der Waals surface area (Å²) in [6.07, 6.45) is 4.44. The van der Waals surface area contributed by atoms with E-state index >= 15 is 0 Å². The normalized spacial score (nSPS) is 48.5. The molecule has 0 aliphatic heterocycles. The molecule has 0 aromatic rings. The summed E-state index contributed by atoms with van der Waals surface area (Å²) in [5.74, 6) is 0.571. The third-order valence-electron chi connectivity index (χ3n) is 6.69. The van der Waals surface area contributed by atoms with Gasteiger partial charge in [0.25, 0.3) is 0 Å². The number of rotatable bonds is 2. The number of hydrogen-bond donors (Lipinski definition) is 1. The van der Waals surface area contributed by atoms with Gasteiger partial charge in [0, 0.05) is 17.9 Å². The fraction of sp³-hybridized carbons (Fsp3) is 0.812. The Kier molecular flexibility index (Phi) is 2.66. The third-order valence-corrected chi connectivity index (χ3v) is 6.69. The first-order valence-corrected chi connectivity index (χ1v) is 7.37. The van der Waals surface area contributed by atoms with Gasteiger partial charge >= 0.3 is 5.97 Å². The first-order chi connectivity index (χ1) is 8.90. The van der Waals surface area contributed by atoms with Crippen LogP contribution in [0.3, 0.4) is 0 Å². The molecule has 0 saturated heterocycles. The quantitative estimate of drug-likeness (QED) is 0.832. The fourth-order valence-electron chi connectivity index (χ4n) is 5.91. The van der Waals surface area contributed by atoms with Gasteiger partial charge in [-0.1, -0.05) is 19.4 Å². The molecule has 2 fully saturated rings. The summed E-state index contributed by atoms with van der Waals surface area (Å²) >= 11 is 0. The monoisotopic (exact) mass is 264 g/mol. The SMILES string of the molecule is COC1C(C(=O)O)=C(C)C23CCC(C)C2CCC13C. The summed E-state index contributed by atoms with van der Waals surface area (Å²) in [6, 6.07) is 0. The Hall–Kier alpha value is -0.830. The van der Waals surface area contributed by atoms with Crippen LogP contribution in [-0.2, 0) is 9.53 Å². The van der Waals surface area contributed by atoms with Crippen LogP contribution in [0.2, 0.25) is 0 Å². The van der Waals surface area contributed by atoms with Gasteiger partial charge in [0.2, 0.25) is 0 Å². The molecule has 3 aliphatic rings. The molecule has 5 unspecified atom stereocenters. The van der Waals surface area contributed by atoms with Crippen molar-refractivity contribution < 1.29 is 14.6 Å². The van der Waals surface area contributed by atoms with E-state index in [0.29, 0.717) is 17.4 Å². The van der Waals surface area contributed by atoms with Gasteiger partial charge in [-0.05, 0) is 44.4 Å². The first kappa shape index (κ1) is 13.2. The average Bonchev–Trinajstić information content (AvgIpc) is 2.89. The Morgan fingerprint density at radius 2 is 2.05 bits per heavy atom. The van der Waals surface area contributed by atoms with Crippen LogP contribution in [-0.4, -0.2) is 24.3 Å². The largest absolute Gasteiger partial charge is 0.478 e. The molecule has 0 heterocycles. The van der Waals surface area contributed by atoms with Crippen LogP contribution in [0.25, 0.3) is 0 Å². The zero-order chi connectivity index (χ0) is 14.0. The number of methoxy groups -OCH3 is 1. The van der Waals surface area contributed by atoms with E-state index in [1.165, 1.54) is 12.8 Å². The van der Waals surface area contributed by atoms with Crippen LogP contribution < -0.4 is 0 Å². The van der Waals surface area contributed by atoms with Gasteiger partial charge in [-0.15, -0.1) is 0 Å². The minimum Gasteiger partial charge on any atom is -0.478 e. The summed E-state index contributed by atoms with van der Waals surface area (Å²) in [5.41, 5.74) is 1.72. The summed E-state index contributed by atoms with van der Waals surface area (Å²) in [4.78, 5) is 11.7. The number of carbonyl (C=O) groups is 1. The van der Waals surface area contributed by atoms with E-state index in [9.17, 15) is 9.90 Å². The number of aliphatic carboxylic acids is 1. The van der Waals surface area contributed by atoms with Crippen molar-refractivity contribution in [2.45, 2.75) is 52.6 Å². The standard InChI is InChI=1S/C16H24O3/c1-9-5-8-16-10(2)12(14(17)18)13(19-4)15(16,3)7-6-11(9)16/h9,11,13H,5-8H2,1-4H3,(H,17,18). The number of carboxylic acids is 1. The van der Waals surface area contributed by atoms with Crippen LogP contribution in [0, 0.1) is 22.7 Å². The average molecular weight is 264 g/mol. The minimum atomic E-state index is -0.785. The predicted molar refractivity (Wildman–Crippen MR) is 72.8 cm³/mol. The van der Waals surface area contributed by atoms with E-state index in [0.717, 1.165) is 18.4 Å². The van der Waals surface area contributed by atoms with Gasteiger partial charge in [-0.3, -0.25) is 0 Å². The molecule has 3 nitrogen and oxygen atoms in total. The van der Waals surface area contributed by atoms with Crippen molar-refractivity contribution in [1.82, 2.24) is 0 Å². The molecule has 3 rings (SSSR count). The molecule has 0 bridgehead atoms. The second-order valence-electron chi connectivity index (χ2n) is 7.01. The molecule has 5 atom stereocenters. The Morgan fingerprint density at radius 1 is 1.37 bits per heavy atom. The van der Waals surface area contributed by atoms with E-state index in [1.54, 1.807) is 7.11 Å². The fourth-order valence-corrected chi connectivity index (χ4v) is 5.91. The summed E-state index contributed by atoms with van der Waals surface area (Å²) in [5, 5.41) is 9.60. The third kappa shape index (κ3) is 1.25. The topological polar surface area (TPSA) is 46.5 Å². The number of carboxylic acid groups (broad SMARTS) is 1. The van der Waals surface area contributed by atoms with Crippen molar-refractivity contribution in [3.63, 3.8) is 0 Å². The maximum atomic E-state index is 11.7. The maximum absolute atomic E-state index is 11.7. The van der Waals surface area contributed by atoms with Crippen molar-refractivity contribution >= 4 is 5.97 Å². The first-order valence-electron chi connectivity index (χ1n) is 7.37. The maximum Gasteiger partial charge on any atom is 0.334 e. The molecular weight excluding hydrogens is 240 g/mol. The van der Waals surface area contributed by atoms with Crippen LogP contribution in [0.15, 0.2) is 11.1 Å². The molecule has 19 heavy (non-hydrogen) atoms. The molecule has 3 aliphatic carbocycles. The molecule has 0 aromatic heterocycles. The number of hydrogen-bond acceptors (Lipinski definition) is 2. The Morgan fingerprint density at radius 3 is 2.63 bits per heavy atom. The summed E-state index contributed by atoms with van der Waals surface area (Å²) in [7, 11) is 1.66. The van der Waals surface area contributed by atoms with Crippen LogP contribution >= 0.6 is 0 Å². The lowest BCUT2D eigenvalue weighted by atomic mass is 9.62. The Labute approximate surface area is 115 Å². The zero-order valence-electron chi connectivity index (χ0n) is 12.3. The van der Waals surface area contributed by atoms with E-state index in [-0.39, 0.29) is 16.9 Å². The van der Waals surface area contributed by atoms with Gasteiger partial charge in [0.05, 0.1) is 11.7 Å². The van der Waals surface area contributed by atoms with E-state index in [4.69, 9.17) is 4.74 Å². The molecule has 3 heteroatoms. The minimum absolute atomic E-state index is 0.0189. The van der Waals surface area contributed by atoms with Crippen molar-refractivity contribution in [2.24, 2.45) is 22.7 Å². The molecule has 1 spiro atoms. The smallest absolute Gasteiger partial charge is 0.334 e. The van der Waals surface area contributed by atoms with Crippen LogP contribution in [0.1, 0.15) is 46.5 Å². The second kappa shape index (κ2) is 3.85. The summed E-state index contributed by atoms with van der Waals surface area (Å²) < 4.78 is 5.67. The van der Waals surface area contributed by atoms with E-state index in [1.807, 2.05) is 0 Å². The van der Waals surface area contributed by atoms with Gasteiger partial charge in [0.15, 0.2) is 0 Å². The lowest BCUT2D eigenvalue weighted by Gasteiger charge is -2.43. The molecule has 0 aromatic carbocycles. The Bertz CT molecular complexity index is 467.